The highest BCUT2D eigenvalue weighted by atomic mass is 32.2. The molecule has 8 heteroatoms. The lowest BCUT2D eigenvalue weighted by atomic mass is 10.0. The average Bonchev–Trinajstić information content (AvgIpc) is 3.16. The normalized spacial score (nSPS) is 17.5. The molecule has 0 spiro atoms. The molecule has 0 aliphatic carbocycles. The van der Waals surface area contributed by atoms with Gasteiger partial charge in [-0.05, 0) is 36.1 Å². The van der Waals surface area contributed by atoms with Gasteiger partial charge in [-0.3, -0.25) is 4.98 Å². The molecule has 1 aliphatic heterocycles. The van der Waals surface area contributed by atoms with E-state index < -0.39 is 15.8 Å². The Labute approximate surface area is 169 Å². The largest absolute Gasteiger partial charge is 0.382 e. The van der Waals surface area contributed by atoms with Gasteiger partial charge in [0.1, 0.15) is 11.6 Å². The minimum Gasteiger partial charge on any atom is -0.382 e. The first-order valence-electron chi connectivity index (χ1n) is 9.33. The van der Waals surface area contributed by atoms with Gasteiger partial charge in [-0.15, -0.1) is 0 Å². The first kappa shape index (κ1) is 19.5. The summed E-state index contributed by atoms with van der Waals surface area (Å²) in [7, 11) is -3.66. The Hall–Kier alpha value is -2.84. The number of anilines is 1. The molecule has 2 N–H and O–H groups in total. The molecule has 1 saturated heterocycles. The molecule has 1 fully saturated rings. The summed E-state index contributed by atoms with van der Waals surface area (Å²) in [5.41, 5.74) is 7.12. The molecule has 3 aromatic rings. The van der Waals surface area contributed by atoms with Crippen LogP contribution >= 0.6 is 0 Å². The van der Waals surface area contributed by atoms with E-state index in [0.717, 1.165) is 6.42 Å². The van der Waals surface area contributed by atoms with Crippen molar-refractivity contribution in [3.63, 3.8) is 0 Å². The summed E-state index contributed by atoms with van der Waals surface area (Å²) >= 11 is 0. The van der Waals surface area contributed by atoms with Crippen molar-refractivity contribution in [2.75, 3.05) is 18.8 Å². The predicted octanol–water partition coefficient (Wildman–Crippen LogP) is 3.56. The Bertz CT molecular complexity index is 1150. The molecule has 6 nitrogen and oxygen atoms in total. The molecular weight excluding hydrogens is 391 g/mol. The lowest BCUT2D eigenvalue weighted by Gasteiger charge is -2.19. The van der Waals surface area contributed by atoms with Crippen LogP contribution < -0.4 is 5.73 Å². The fourth-order valence-electron chi connectivity index (χ4n) is 3.55. The van der Waals surface area contributed by atoms with Gasteiger partial charge in [0.05, 0.1) is 23.0 Å². The van der Waals surface area contributed by atoms with Crippen LogP contribution in [0.3, 0.4) is 0 Å². The van der Waals surface area contributed by atoms with E-state index >= 15 is 0 Å². The third kappa shape index (κ3) is 3.73. The van der Waals surface area contributed by atoms with Crippen molar-refractivity contribution in [2.45, 2.75) is 18.2 Å². The maximum absolute atomic E-state index is 14.8. The van der Waals surface area contributed by atoms with Crippen molar-refractivity contribution in [3.8, 4) is 22.4 Å². The fraction of sp³-hybridized carbons (Fsp3) is 0.238. The Morgan fingerprint density at radius 1 is 1.10 bits per heavy atom. The van der Waals surface area contributed by atoms with E-state index in [1.807, 2.05) is 6.92 Å². The van der Waals surface area contributed by atoms with Crippen molar-refractivity contribution in [1.82, 2.24) is 14.3 Å². The van der Waals surface area contributed by atoms with Crippen molar-refractivity contribution < 1.29 is 12.8 Å². The number of aromatic nitrogens is 2. The Balaban J connectivity index is 1.75. The Kier molecular flexibility index (Phi) is 5.06. The summed E-state index contributed by atoms with van der Waals surface area (Å²) in [6.45, 7) is 3.04. The number of nitrogens with zero attached hydrogens (tertiary/aromatic N) is 3. The van der Waals surface area contributed by atoms with Crippen LogP contribution in [0.5, 0.6) is 0 Å². The van der Waals surface area contributed by atoms with Crippen LogP contribution in [-0.2, 0) is 10.0 Å². The van der Waals surface area contributed by atoms with Gasteiger partial charge in [-0.25, -0.2) is 17.8 Å². The summed E-state index contributed by atoms with van der Waals surface area (Å²) in [6.07, 6.45) is 3.61. The standard InChI is InChI=1S/C21H21FN4O2S/c1-14-8-9-26(13-14)29(27,28)20-5-3-2-4-16(20)15-6-7-17(18(22)10-15)19-11-25-21(23)12-24-19/h2-7,10-12,14H,8-9,13H2,1H3,(H2,23,25). The molecule has 1 aromatic heterocycles. The fourth-order valence-corrected chi connectivity index (χ4v) is 5.34. The van der Waals surface area contributed by atoms with Crippen LogP contribution in [0.2, 0.25) is 0 Å². The second kappa shape index (κ2) is 7.53. The molecule has 0 saturated carbocycles. The number of benzene rings is 2. The maximum Gasteiger partial charge on any atom is 0.243 e. The minimum atomic E-state index is -3.66. The molecule has 1 unspecified atom stereocenters. The van der Waals surface area contributed by atoms with Crippen LogP contribution in [0.15, 0.2) is 59.8 Å². The molecular formula is C21H21FN4O2S. The molecule has 2 heterocycles. The van der Waals surface area contributed by atoms with Crippen LogP contribution in [-0.4, -0.2) is 35.8 Å². The summed E-state index contributed by atoms with van der Waals surface area (Å²) < 4.78 is 42.7. The number of rotatable bonds is 4. The average molecular weight is 412 g/mol. The zero-order chi connectivity index (χ0) is 20.6. The highest BCUT2D eigenvalue weighted by Crippen LogP contribution is 2.33. The minimum absolute atomic E-state index is 0.188. The number of halogens is 1. The summed E-state index contributed by atoms with van der Waals surface area (Å²) in [5, 5.41) is 0. The monoisotopic (exact) mass is 412 g/mol. The number of hydrogen-bond donors (Lipinski definition) is 1. The molecule has 1 aliphatic rings. The molecule has 29 heavy (non-hydrogen) atoms. The van der Waals surface area contributed by atoms with Crippen molar-refractivity contribution in [1.29, 1.82) is 0 Å². The molecule has 2 aromatic carbocycles. The molecule has 0 amide bonds. The van der Waals surface area contributed by atoms with E-state index in [1.165, 1.54) is 22.8 Å². The first-order valence-corrected chi connectivity index (χ1v) is 10.8. The lowest BCUT2D eigenvalue weighted by Crippen LogP contribution is -2.29. The molecule has 0 radical (unpaired) electrons. The molecule has 150 valence electrons. The van der Waals surface area contributed by atoms with Crippen LogP contribution in [0.25, 0.3) is 22.4 Å². The highest BCUT2D eigenvalue weighted by molar-refractivity contribution is 7.89. The predicted molar refractivity (Wildman–Crippen MR) is 110 cm³/mol. The smallest absolute Gasteiger partial charge is 0.243 e. The van der Waals surface area contributed by atoms with Crippen LogP contribution in [0.1, 0.15) is 13.3 Å². The number of hydrogen-bond acceptors (Lipinski definition) is 5. The number of sulfonamides is 1. The van der Waals surface area contributed by atoms with Crippen LogP contribution in [0, 0.1) is 11.7 Å². The third-order valence-electron chi connectivity index (χ3n) is 5.12. The second-order valence-electron chi connectivity index (χ2n) is 7.27. The Morgan fingerprint density at radius 3 is 2.55 bits per heavy atom. The van der Waals surface area contributed by atoms with Crippen molar-refractivity contribution in [3.05, 3.63) is 60.7 Å². The SMILES string of the molecule is CC1CCN(S(=O)(=O)c2ccccc2-c2ccc(-c3cnc(N)cn3)c(F)c2)C1. The Morgan fingerprint density at radius 2 is 1.90 bits per heavy atom. The molecule has 4 rings (SSSR count). The van der Waals surface area contributed by atoms with Gasteiger partial charge < -0.3 is 5.73 Å². The summed E-state index contributed by atoms with van der Waals surface area (Å²) in [6, 6.07) is 11.3. The van der Waals surface area contributed by atoms with Gasteiger partial charge in [-0.2, -0.15) is 4.31 Å². The van der Waals surface area contributed by atoms with Gasteiger partial charge in [0.2, 0.25) is 10.0 Å². The van der Waals surface area contributed by atoms with Crippen molar-refractivity contribution in [2.24, 2.45) is 5.92 Å². The van der Waals surface area contributed by atoms with E-state index in [9.17, 15) is 12.8 Å². The first-order chi connectivity index (χ1) is 13.9. The van der Waals surface area contributed by atoms with Gasteiger partial charge in [0, 0.05) is 24.2 Å². The quantitative estimate of drug-likeness (QED) is 0.708. The van der Waals surface area contributed by atoms with Gasteiger partial charge in [0.15, 0.2) is 0 Å². The molecule has 0 bridgehead atoms. The lowest BCUT2D eigenvalue weighted by molar-refractivity contribution is 0.464. The summed E-state index contributed by atoms with van der Waals surface area (Å²) in [5.74, 6) is 0.0689. The van der Waals surface area contributed by atoms with Gasteiger partial charge >= 0.3 is 0 Å². The maximum atomic E-state index is 14.8. The zero-order valence-corrected chi connectivity index (χ0v) is 16.7. The van der Waals surface area contributed by atoms with E-state index in [1.54, 1.807) is 36.4 Å². The topological polar surface area (TPSA) is 89.2 Å². The third-order valence-corrected chi connectivity index (χ3v) is 7.04. The van der Waals surface area contributed by atoms with E-state index in [0.29, 0.717) is 35.8 Å². The number of nitrogens with two attached hydrogens (primary N) is 1. The van der Waals surface area contributed by atoms with E-state index in [-0.39, 0.29) is 16.3 Å². The van der Waals surface area contributed by atoms with Gasteiger partial charge in [-0.1, -0.05) is 31.2 Å². The highest BCUT2D eigenvalue weighted by Gasteiger charge is 2.32. The van der Waals surface area contributed by atoms with Crippen LogP contribution in [0.4, 0.5) is 10.2 Å². The summed E-state index contributed by atoms with van der Waals surface area (Å²) in [4.78, 5) is 8.22. The second-order valence-corrected chi connectivity index (χ2v) is 9.18. The van der Waals surface area contributed by atoms with Gasteiger partial charge in [0.25, 0.3) is 0 Å². The van der Waals surface area contributed by atoms with Crippen molar-refractivity contribution >= 4 is 15.8 Å². The van der Waals surface area contributed by atoms with E-state index in [2.05, 4.69) is 9.97 Å². The zero-order valence-electron chi connectivity index (χ0n) is 15.9. The number of nitrogen functional groups attached to an aromatic ring is 1. The van der Waals surface area contributed by atoms with E-state index in [4.69, 9.17) is 5.73 Å². The molecule has 1 atom stereocenters.